The number of nitrogens with one attached hydrogen (secondary N) is 1. The molecule has 1 heterocycles. The minimum absolute atomic E-state index is 0.0206. The number of hydrogen-bond donors (Lipinski definition) is 2. The van der Waals surface area contributed by atoms with Crippen molar-refractivity contribution >= 4 is 11.6 Å². The number of rotatable bonds is 5. The van der Waals surface area contributed by atoms with Gasteiger partial charge in [-0.15, -0.1) is 0 Å². The van der Waals surface area contributed by atoms with Crippen LogP contribution in [0.15, 0.2) is 24.3 Å². The van der Waals surface area contributed by atoms with Crippen LogP contribution in [-0.4, -0.2) is 42.6 Å². The van der Waals surface area contributed by atoms with Gasteiger partial charge in [0.05, 0.1) is 18.8 Å². The molecule has 2 unspecified atom stereocenters. The number of nitrogens with two attached hydrogens (primary N) is 1. The largest absolute Gasteiger partial charge is 0.376 e. The predicted octanol–water partition coefficient (Wildman–Crippen LogP) is 1.58. The summed E-state index contributed by atoms with van der Waals surface area (Å²) in [6.07, 6.45) is 1.21. The molecule has 116 valence electrons. The standard InChI is InChI=1S/C16H25N3O2/c1-3-15-11-19(8-9-21-15)12(2)16(20)18-14-6-4-13(10-17)5-7-14/h4-7,12,15H,3,8-11,17H2,1-2H3,(H,18,20). The quantitative estimate of drug-likeness (QED) is 0.864. The van der Waals surface area contributed by atoms with Gasteiger partial charge in [0.2, 0.25) is 5.91 Å². The first-order valence-electron chi connectivity index (χ1n) is 7.59. The second-order valence-corrected chi connectivity index (χ2v) is 5.46. The molecule has 5 nitrogen and oxygen atoms in total. The normalized spacial score (nSPS) is 21.0. The number of anilines is 1. The van der Waals surface area contributed by atoms with Crippen molar-refractivity contribution in [2.75, 3.05) is 25.0 Å². The van der Waals surface area contributed by atoms with Gasteiger partial charge in [0.25, 0.3) is 0 Å². The molecule has 1 fully saturated rings. The average molecular weight is 291 g/mol. The van der Waals surface area contributed by atoms with Gasteiger partial charge in [0.1, 0.15) is 0 Å². The van der Waals surface area contributed by atoms with Crippen LogP contribution in [0.1, 0.15) is 25.8 Å². The van der Waals surface area contributed by atoms with E-state index in [2.05, 4.69) is 17.1 Å². The van der Waals surface area contributed by atoms with E-state index in [0.717, 1.165) is 30.8 Å². The molecule has 0 aromatic heterocycles. The summed E-state index contributed by atoms with van der Waals surface area (Å²) < 4.78 is 5.65. The van der Waals surface area contributed by atoms with Crippen molar-refractivity contribution in [2.24, 2.45) is 5.73 Å². The molecular weight excluding hydrogens is 266 g/mol. The molecule has 1 aliphatic rings. The van der Waals surface area contributed by atoms with E-state index in [1.807, 2.05) is 31.2 Å². The lowest BCUT2D eigenvalue weighted by Gasteiger charge is -2.35. The highest BCUT2D eigenvalue weighted by Crippen LogP contribution is 2.14. The maximum Gasteiger partial charge on any atom is 0.241 e. The number of amides is 1. The predicted molar refractivity (Wildman–Crippen MR) is 84.0 cm³/mol. The summed E-state index contributed by atoms with van der Waals surface area (Å²) in [4.78, 5) is 14.5. The zero-order valence-corrected chi connectivity index (χ0v) is 12.8. The maximum absolute atomic E-state index is 12.3. The van der Waals surface area contributed by atoms with Crippen molar-refractivity contribution in [2.45, 2.75) is 39.0 Å². The van der Waals surface area contributed by atoms with Crippen molar-refractivity contribution in [3.63, 3.8) is 0 Å². The van der Waals surface area contributed by atoms with Crippen LogP contribution < -0.4 is 11.1 Å². The van der Waals surface area contributed by atoms with E-state index < -0.39 is 0 Å². The third-order valence-electron chi connectivity index (χ3n) is 4.01. The summed E-state index contributed by atoms with van der Waals surface area (Å²) in [5.41, 5.74) is 7.43. The number of hydrogen-bond acceptors (Lipinski definition) is 4. The van der Waals surface area contributed by atoms with Crippen LogP contribution in [0, 0.1) is 0 Å². The fourth-order valence-electron chi connectivity index (χ4n) is 2.48. The summed E-state index contributed by atoms with van der Waals surface area (Å²) in [7, 11) is 0. The van der Waals surface area contributed by atoms with Gasteiger partial charge in [-0.05, 0) is 31.0 Å². The number of morpholine rings is 1. The topological polar surface area (TPSA) is 67.6 Å². The molecule has 3 N–H and O–H groups in total. The molecule has 1 aromatic rings. The van der Waals surface area contributed by atoms with Crippen molar-refractivity contribution in [1.29, 1.82) is 0 Å². The van der Waals surface area contributed by atoms with Crippen LogP contribution in [0.2, 0.25) is 0 Å². The van der Waals surface area contributed by atoms with Gasteiger partial charge in [0.15, 0.2) is 0 Å². The summed E-state index contributed by atoms with van der Waals surface area (Å²) in [5, 5.41) is 2.96. The Kier molecular flexibility index (Phi) is 5.73. The van der Waals surface area contributed by atoms with E-state index in [-0.39, 0.29) is 18.1 Å². The van der Waals surface area contributed by atoms with Gasteiger partial charge >= 0.3 is 0 Å². The van der Waals surface area contributed by atoms with Gasteiger partial charge in [-0.25, -0.2) is 0 Å². The molecule has 1 aromatic carbocycles. The van der Waals surface area contributed by atoms with Crippen molar-refractivity contribution in [1.82, 2.24) is 4.90 Å². The number of ether oxygens (including phenoxy) is 1. The van der Waals surface area contributed by atoms with Crippen LogP contribution in [0.25, 0.3) is 0 Å². The molecule has 0 spiro atoms. The molecule has 0 saturated carbocycles. The first-order valence-corrected chi connectivity index (χ1v) is 7.59. The molecule has 1 amide bonds. The van der Waals surface area contributed by atoms with Gasteiger partial charge in [-0.3, -0.25) is 9.69 Å². The molecule has 2 atom stereocenters. The Hall–Kier alpha value is -1.43. The van der Waals surface area contributed by atoms with E-state index in [0.29, 0.717) is 13.2 Å². The van der Waals surface area contributed by atoms with Crippen LogP contribution >= 0.6 is 0 Å². The molecule has 0 bridgehead atoms. The van der Waals surface area contributed by atoms with Crippen LogP contribution in [0.5, 0.6) is 0 Å². The summed E-state index contributed by atoms with van der Waals surface area (Å²) in [5.74, 6) is 0.0206. The van der Waals surface area contributed by atoms with E-state index in [4.69, 9.17) is 10.5 Å². The Morgan fingerprint density at radius 1 is 1.48 bits per heavy atom. The Bertz CT molecular complexity index is 461. The third-order valence-corrected chi connectivity index (χ3v) is 4.01. The van der Waals surface area contributed by atoms with Crippen LogP contribution in [0.4, 0.5) is 5.69 Å². The fraction of sp³-hybridized carbons (Fsp3) is 0.562. The minimum atomic E-state index is -0.155. The maximum atomic E-state index is 12.3. The zero-order chi connectivity index (χ0) is 15.2. The first kappa shape index (κ1) is 15.9. The lowest BCUT2D eigenvalue weighted by atomic mass is 10.1. The third kappa shape index (κ3) is 4.27. The Morgan fingerprint density at radius 2 is 2.19 bits per heavy atom. The highest BCUT2D eigenvalue weighted by molar-refractivity contribution is 5.94. The highest BCUT2D eigenvalue weighted by atomic mass is 16.5. The molecule has 5 heteroatoms. The van der Waals surface area contributed by atoms with E-state index in [1.165, 1.54) is 0 Å². The van der Waals surface area contributed by atoms with Crippen LogP contribution in [-0.2, 0) is 16.1 Å². The number of benzene rings is 1. The first-order chi connectivity index (χ1) is 10.1. The van der Waals surface area contributed by atoms with Gasteiger partial charge in [-0.2, -0.15) is 0 Å². The summed E-state index contributed by atoms with van der Waals surface area (Å²) >= 11 is 0. The zero-order valence-electron chi connectivity index (χ0n) is 12.8. The molecular formula is C16H25N3O2. The van der Waals surface area contributed by atoms with Crippen molar-refractivity contribution in [3.8, 4) is 0 Å². The summed E-state index contributed by atoms with van der Waals surface area (Å²) in [6.45, 7) is 6.88. The van der Waals surface area contributed by atoms with Gasteiger partial charge < -0.3 is 15.8 Å². The Morgan fingerprint density at radius 3 is 2.81 bits per heavy atom. The lowest BCUT2D eigenvalue weighted by molar-refractivity contribution is -0.124. The van der Waals surface area contributed by atoms with Crippen LogP contribution in [0.3, 0.4) is 0 Å². The molecule has 0 aliphatic carbocycles. The molecule has 1 aliphatic heterocycles. The Balaban J connectivity index is 1.92. The van der Waals surface area contributed by atoms with Gasteiger partial charge in [0, 0.05) is 25.3 Å². The van der Waals surface area contributed by atoms with Crippen molar-refractivity contribution in [3.05, 3.63) is 29.8 Å². The fourth-order valence-corrected chi connectivity index (χ4v) is 2.48. The smallest absolute Gasteiger partial charge is 0.241 e. The number of carbonyl (C=O) groups excluding carboxylic acids is 1. The van der Waals surface area contributed by atoms with E-state index in [9.17, 15) is 4.79 Å². The number of carbonyl (C=O) groups is 1. The molecule has 21 heavy (non-hydrogen) atoms. The van der Waals surface area contributed by atoms with E-state index in [1.54, 1.807) is 0 Å². The lowest BCUT2D eigenvalue weighted by Crippen LogP contribution is -2.50. The monoisotopic (exact) mass is 291 g/mol. The second kappa shape index (κ2) is 7.54. The minimum Gasteiger partial charge on any atom is -0.376 e. The SMILES string of the molecule is CCC1CN(C(C)C(=O)Nc2ccc(CN)cc2)CCO1. The molecule has 1 saturated heterocycles. The average Bonchev–Trinajstić information content (AvgIpc) is 2.54. The van der Waals surface area contributed by atoms with E-state index >= 15 is 0 Å². The highest BCUT2D eigenvalue weighted by Gasteiger charge is 2.27. The summed E-state index contributed by atoms with van der Waals surface area (Å²) in [6, 6.07) is 7.49. The molecule has 0 radical (unpaired) electrons. The number of nitrogens with zero attached hydrogens (tertiary/aromatic N) is 1. The van der Waals surface area contributed by atoms with Crippen molar-refractivity contribution < 1.29 is 9.53 Å². The molecule has 2 rings (SSSR count). The van der Waals surface area contributed by atoms with Gasteiger partial charge in [-0.1, -0.05) is 19.1 Å². The second-order valence-electron chi connectivity index (χ2n) is 5.46. The Labute approximate surface area is 126 Å².